The summed E-state index contributed by atoms with van der Waals surface area (Å²) in [6.07, 6.45) is 0. The highest BCUT2D eigenvalue weighted by Gasteiger charge is 2.16. The van der Waals surface area contributed by atoms with Gasteiger partial charge < -0.3 is 9.13 Å². The van der Waals surface area contributed by atoms with Crippen LogP contribution in [0.1, 0.15) is 5.56 Å². The van der Waals surface area contributed by atoms with Gasteiger partial charge in [-0.3, -0.25) is 0 Å². The van der Waals surface area contributed by atoms with Crippen molar-refractivity contribution in [1.29, 1.82) is 0 Å². The van der Waals surface area contributed by atoms with Crippen molar-refractivity contribution in [3.63, 3.8) is 0 Å². The molecule has 5 rings (SSSR count). The van der Waals surface area contributed by atoms with Crippen LogP contribution in [-0.2, 0) is 14.1 Å². The Hall–Kier alpha value is -2.74. The predicted octanol–water partition coefficient (Wildman–Crippen LogP) is 5.28. The summed E-state index contributed by atoms with van der Waals surface area (Å²) >= 11 is 0. The molecule has 0 aliphatic rings. The Morgan fingerprint density at radius 1 is 0.609 bits per heavy atom. The van der Waals surface area contributed by atoms with E-state index in [9.17, 15) is 0 Å². The molecule has 0 saturated carbocycles. The molecule has 0 N–H and O–H groups in total. The lowest BCUT2D eigenvalue weighted by Crippen LogP contribution is -1.92. The molecule has 2 aromatic heterocycles. The second kappa shape index (κ2) is 4.17. The summed E-state index contributed by atoms with van der Waals surface area (Å²) in [7, 11) is 4.35. The highest BCUT2D eigenvalue weighted by molar-refractivity contribution is 6.22. The van der Waals surface area contributed by atoms with E-state index < -0.39 is 0 Å². The second-order valence-electron chi connectivity index (χ2n) is 6.51. The molecule has 112 valence electrons. The number of benzene rings is 3. The van der Waals surface area contributed by atoms with Crippen molar-refractivity contribution < 1.29 is 0 Å². The lowest BCUT2D eigenvalue weighted by atomic mass is 10.1. The predicted molar refractivity (Wildman–Crippen MR) is 99.1 cm³/mol. The Kier molecular flexibility index (Phi) is 2.31. The summed E-state index contributed by atoms with van der Waals surface area (Å²) in [5.41, 5.74) is 6.53. The number of hydrogen-bond donors (Lipinski definition) is 0. The van der Waals surface area contributed by atoms with Crippen LogP contribution in [0.25, 0.3) is 43.6 Å². The molecule has 3 aromatic carbocycles. The van der Waals surface area contributed by atoms with Gasteiger partial charge in [0.15, 0.2) is 0 Å². The molecule has 0 radical (unpaired) electrons. The van der Waals surface area contributed by atoms with E-state index in [-0.39, 0.29) is 0 Å². The van der Waals surface area contributed by atoms with E-state index in [1.807, 2.05) is 0 Å². The first-order valence-electron chi connectivity index (χ1n) is 8.01. The van der Waals surface area contributed by atoms with Crippen molar-refractivity contribution in [3.05, 3.63) is 60.2 Å². The number of aromatic nitrogens is 2. The summed E-state index contributed by atoms with van der Waals surface area (Å²) < 4.78 is 4.67. The van der Waals surface area contributed by atoms with Gasteiger partial charge in [0.2, 0.25) is 0 Å². The molecule has 0 bridgehead atoms. The van der Waals surface area contributed by atoms with Crippen molar-refractivity contribution in [1.82, 2.24) is 9.13 Å². The second-order valence-corrected chi connectivity index (χ2v) is 6.51. The summed E-state index contributed by atoms with van der Waals surface area (Å²) in [6, 6.07) is 19.9. The minimum atomic E-state index is 1.29. The molecule has 0 aliphatic carbocycles. The SMILES string of the molecule is Cc1ccc2c(c1)c1ccc3c4ccccc4n(C)c3c1n2C. The van der Waals surface area contributed by atoms with Gasteiger partial charge in [0, 0.05) is 46.7 Å². The third-order valence-corrected chi connectivity index (χ3v) is 5.18. The Morgan fingerprint density at radius 3 is 1.96 bits per heavy atom. The minimum Gasteiger partial charge on any atom is -0.342 e. The molecule has 0 unspecified atom stereocenters. The van der Waals surface area contributed by atoms with Gasteiger partial charge in [-0.15, -0.1) is 0 Å². The Labute approximate surface area is 134 Å². The zero-order valence-electron chi connectivity index (χ0n) is 13.6. The lowest BCUT2D eigenvalue weighted by Gasteiger charge is -2.03. The van der Waals surface area contributed by atoms with Gasteiger partial charge in [0.05, 0.1) is 11.0 Å². The molecule has 0 saturated heterocycles. The van der Waals surface area contributed by atoms with E-state index in [1.165, 1.54) is 49.2 Å². The number of fused-ring (bicyclic) bond motifs is 7. The first kappa shape index (κ1) is 12.8. The summed E-state index contributed by atoms with van der Waals surface area (Å²) in [5, 5.41) is 5.34. The third-order valence-electron chi connectivity index (χ3n) is 5.18. The Morgan fingerprint density at radius 2 is 1.22 bits per heavy atom. The van der Waals surface area contributed by atoms with Crippen molar-refractivity contribution in [3.8, 4) is 0 Å². The van der Waals surface area contributed by atoms with Crippen LogP contribution in [0, 0.1) is 6.92 Å². The smallest absolute Gasteiger partial charge is 0.0736 e. The van der Waals surface area contributed by atoms with Crippen LogP contribution in [0.3, 0.4) is 0 Å². The van der Waals surface area contributed by atoms with Gasteiger partial charge in [0.25, 0.3) is 0 Å². The molecule has 23 heavy (non-hydrogen) atoms. The van der Waals surface area contributed by atoms with Gasteiger partial charge in [-0.25, -0.2) is 0 Å². The number of hydrogen-bond acceptors (Lipinski definition) is 0. The first-order valence-corrected chi connectivity index (χ1v) is 8.01. The van der Waals surface area contributed by atoms with Crippen molar-refractivity contribution in [2.45, 2.75) is 6.92 Å². The van der Waals surface area contributed by atoms with Gasteiger partial charge in [-0.2, -0.15) is 0 Å². The number of aryl methyl sites for hydroxylation is 3. The lowest BCUT2D eigenvalue weighted by molar-refractivity contribution is 0.986. The highest BCUT2D eigenvalue weighted by Crippen LogP contribution is 2.37. The standard InChI is InChI=1S/C21H18N2/c1-13-8-11-19-17(12-13)16-10-9-15-14-6-4-5-7-18(14)22(2)20(15)21(16)23(19)3/h4-12H,1-3H3. The average Bonchev–Trinajstić information content (AvgIpc) is 3.01. The van der Waals surface area contributed by atoms with Gasteiger partial charge in [-0.1, -0.05) is 42.0 Å². The number of rotatable bonds is 0. The van der Waals surface area contributed by atoms with Crippen LogP contribution in [0.15, 0.2) is 54.6 Å². The van der Waals surface area contributed by atoms with E-state index in [4.69, 9.17) is 0 Å². The molecule has 5 aromatic rings. The molecule has 0 amide bonds. The maximum atomic E-state index is 2.34. The first-order chi connectivity index (χ1) is 11.2. The van der Waals surface area contributed by atoms with Gasteiger partial charge in [-0.05, 0) is 25.1 Å². The largest absolute Gasteiger partial charge is 0.342 e. The molecule has 2 heteroatoms. The molecule has 0 fully saturated rings. The maximum Gasteiger partial charge on any atom is 0.0736 e. The molecular weight excluding hydrogens is 280 g/mol. The average molecular weight is 298 g/mol. The number of nitrogens with zero attached hydrogens (tertiary/aromatic N) is 2. The Bertz CT molecular complexity index is 1240. The van der Waals surface area contributed by atoms with Crippen LogP contribution in [0.2, 0.25) is 0 Å². The van der Waals surface area contributed by atoms with E-state index in [0.29, 0.717) is 0 Å². The topological polar surface area (TPSA) is 9.86 Å². The van der Waals surface area contributed by atoms with Crippen molar-refractivity contribution >= 4 is 43.6 Å². The van der Waals surface area contributed by atoms with Crippen molar-refractivity contribution in [2.75, 3.05) is 0 Å². The fraction of sp³-hybridized carbons (Fsp3) is 0.143. The summed E-state index contributed by atoms with van der Waals surface area (Å²) in [4.78, 5) is 0. The Balaban J connectivity index is 2.14. The van der Waals surface area contributed by atoms with E-state index in [0.717, 1.165) is 0 Å². The third kappa shape index (κ3) is 1.48. The zero-order valence-corrected chi connectivity index (χ0v) is 13.6. The minimum absolute atomic E-state index is 1.29. The molecular formula is C21H18N2. The van der Waals surface area contributed by atoms with Gasteiger partial charge >= 0.3 is 0 Å². The molecule has 0 spiro atoms. The van der Waals surface area contributed by atoms with Crippen LogP contribution >= 0.6 is 0 Å². The molecule has 2 nitrogen and oxygen atoms in total. The van der Waals surface area contributed by atoms with E-state index in [2.05, 4.69) is 84.8 Å². The fourth-order valence-electron chi connectivity index (χ4n) is 4.09. The summed E-state index contributed by atoms with van der Waals surface area (Å²) in [5.74, 6) is 0. The molecule has 0 aliphatic heterocycles. The maximum absolute atomic E-state index is 2.34. The van der Waals surface area contributed by atoms with Crippen LogP contribution in [-0.4, -0.2) is 9.13 Å². The van der Waals surface area contributed by atoms with E-state index >= 15 is 0 Å². The highest BCUT2D eigenvalue weighted by atomic mass is 15.0. The van der Waals surface area contributed by atoms with E-state index in [1.54, 1.807) is 0 Å². The fourth-order valence-corrected chi connectivity index (χ4v) is 4.09. The van der Waals surface area contributed by atoms with Gasteiger partial charge in [0.1, 0.15) is 0 Å². The zero-order chi connectivity index (χ0) is 15.7. The normalized spacial score (nSPS) is 12.1. The van der Waals surface area contributed by atoms with Crippen LogP contribution < -0.4 is 0 Å². The summed E-state index contributed by atoms with van der Waals surface area (Å²) in [6.45, 7) is 2.16. The molecule has 0 atom stereocenters. The number of para-hydroxylation sites is 1. The van der Waals surface area contributed by atoms with Crippen LogP contribution in [0.5, 0.6) is 0 Å². The van der Waals surface area contributed by atoms with Crippen molar-refractivity contribution in [2.24, 2.45) is 14.1 Å². The quantitative estimate of drug-likeness (QED) is 0.368. The monoisotopic (exact) mass is 298 g/mol. The molecule has 2 heterocycles. The van der Waals surface area contributed by atoms with Crippen LogP contribution in [0.4, 0.5) is 0 Å².